The van der Waals surface area contributed by atoms with E-state index in [9.17, 15) is 4.79 Å². The molecule has 0 aliphatic heterocycles. The third-order valence-corrected chi connectivity index (χ3v) is 1.47. The first kappa shape index (κ1) is 10.1. The first-order chi connectivity index (χ1) is 6.20. The quantitative estimate of drug-likeness (QED) is 0.550. The zero-order chi connectivity index (χ0) is 9.68. The summed E-state index contributed by atoms with van der Waals surface area (Å²) in [5.41, 5.74) is 0.524. The van der Waals surface area contributed by atoms with E-state index >= 15 is 0 Å². The molecule has 0 amide bonds. The normalized spacial score (nSPS) is 12.2. The number of ether oxygens (including phenoxy) is 1. The standard InChI is InChI=1S/C10H10ClO2/c1-8(11)7-13-10(12)9-5-3-2-4-6-9/h2-8H,1H3. The molecule has 69 valence electrons. The van der Waals surface area contributed by atoms with Crippen molar-refractivity contribution in [2.75, 3.05) is 0 Å². The lowest BCUT2D eigenvalue weighted by atomic mass is 10.2. The van der Waals surface area contributed by atoms with Gasteiger partial charge in [0, 0.05) is 0 Å². The van der Waals surface area contributed by atoms with Crippen molar-refractivity contribution in [2.45, 2.75) is 12.3 Å². The van der Waals surface area contributed by atoms with E-state index in [0.717, 1.165) is 0 Å². The summed E-state index contributed by atoms with van der Waals surface area (Å²) in [5, 5.41) is -0.271. The highest BCUT2D eigenvalue weighted by molar-refractivity contribution is 6.21. The van der Waals surface area contributed by atoms with Gasteiger partial charge in [0.05, 0.1) is 10.9 Å². The van der Waals surface area contributed by atoms with Crippen LogP contribution in [0.5, 0.6) is 0 Å². The van der Waals surface area contributed by atoms with Gasteiger partial charge in [-0.3, -0.25) is 0 Å². The molecule has 13 heavy (non-hydrogen) atoms. The molecule has 0 fully saturated rings. The molecular weight excluding hydrogens is 188 g/mol. The van der Waals surface area contributed by atoms with Crippen LogP contribution >= 0.6 is 11.6 Å². The average molecular weight is 198 g/mol. The highest BCUT2D eigenvalue weighted by Gasteiger charge is 2.07. The fourth-order valence-corrected chi connectivity index (χ4v) is 0.849. The molecule has 1 rings (SSSR count). The first-order valence-electron chi connectivity index (χ1n) is 3.93. The second kappa shape index (κ2) is 4.87. The molecule has 0 aromatic heterocycles. The molecule has 1 atom stereocenters. The summed E-state index contributed by atoms with van der Waals surface area (Å²) in [4.78, 5) is 11.2. The van der Waals surface area contributed by atoms with Crippen LogP contribution in [0.1, 0.15) is 17.3 Å². The minimum Gasteiger partial charge on any atom is -0.453 e. The minimum absolute atomic E-state index is 0.271. The Labute approximate surface area is 82.5 Å². The molecule has 3 heteroatoms. The van der Waals surface area contributed by atoms with E-state index in [1.165, 1.54) is 6.61 Å². The fourth-order valence-electron chi connectivity index (χ4n) is 0.798. The number of carbonyl (C=O) groups is 1. The SMILES string of the molecule is CC(Cl)[CH]OC(=O)c1ccccc1. The molecule has 1 aromatic carbocycles. The Morgan fingerprint density at radius 2 is 2.08 bits per heavy atom. The Kier molecular flexibility index (Phi) is 3.77. The van der Waals surface area contributed by atoms with E-state index in [1.54, 1.807) is 31.2 Å². The summed E-state index contributed by atoms with van der Waals surface area (Å²) in [7, 11) is 0. The van der Waals surface area contributed by atoms with E-state index < -0.39 is 0 Å². The second-order valence-corrected chi connectivity index (χ2v) is 3.27. The molecule has 1 unspecified atom stereocenters. The van der Waals surface area contributed by atoms with Gasteiger partial charge in [0.2, 0.25) is 0 Å². The third kappa shape index (κ3) is 3.47. The summed E-state index contributed by atoms with van der Waals surface area (Å²) in [6.07, 6.45) is 0. The number of esters is 1. The Morgan fingerprint density at radius 1 is 1.46 bits per heavy atom. The zero-order valence-corrected chi connectivity index (χ0v) is 7.99. The largest absolute Gasteiger partial charge is 0.453 e. The Morgan fingerprint density at radius 3 is 2.62 bits per heavy atom. The number of halogens is 1. The molecule has 0 bridgehead atoms. The molecule has 1 radical (unpaired) electrons. The smallest absolute Gasteiger partial charge is 0.338 e. The van der Waals surface area contributed by atoms with E-state index in [4.69, 9.17) is 16.3 Å². The molecule has 0 heterocycles. The van der Waals surface area contributed by atoms with Gasteiger partial charge < -0.3 is 4.74 Å². The summed E-state index contributed by atoms with van der Waals surface area (Å²) < 4.78 is 4.79. The van der Waals surface area contributed by atoms with Crippen molar-refractivity contribution < 1.29 is 9.53 Å². The lowest BCUT2D eigenvalue weighted by molar-refractivity contribution is 0.0603. The lowest BCUT2D eigenvalue weighted by Gasteiger charge is -2.04. The topological polar surface area (TPSA) is 26.3 Å². The number of rotatable bonds is 3. The van der Waals surface area contributed by atoms with Crippen LogP contribution in [0.4, 0.5) is 0 Å². The van der Waals surface area contributed by atoms with E-state index in [1.807, 2.05) is 6.07 Å². The molecule has 2 nitrogen and oxygen atoms in total. The van der Waals surface area contributed by atoms with E-state index in [0.29, 0.717) is 5.56 Å². The number of hydrogen-bond donors (Lipinski definition) is 0. The van der Waals surface area contributed by atoms with Crippen LogP contribution in [0, 0.1) is 6.61 Å². The second-order valence-electron chi connectivity index (χ2n) is 2.58. The lowest BCUT2D eigenvalue weighted by Crippen LogP contribution is -2.06. The predicted octanol–water partition coefficient (Wildman–Crippen LogP) is 2.63. The van der Waals surface area contributed by atoms with Crippen molar-refractivity contribution >= 4 is 17.6 Å². The number of alkyl halides is 1. The van der Waals surface area contributed by atoms with E-state index in [2.05, 4.69) is 0 Å². The van der Waals surface area contributed by atoms with Crippen LogP contribution in [0.15, 0.2) is 30.3 Å². The monoisotopic (exact) mass is 197 g/mol. The zero-order valence-electron chi connectivity index (χ0n) is 7.24. The molecule has 0 saturated carbocycles. The van der Waals surface area contributed by atoms with Crippen molar-refractivity contribution in [2.24, 2.45) is 0 Å². The highest BCUT2D eigenvalue weighted by atomic mass is 35.5. The maximum atomic E-state index is 11.2. The van der Waals surface area contributed by atoms with Crippen LogP contribution in [-0.4, -0.2) is 11.3 Å². The van der Waals surface area contributed by atoms with Crippen molar-refractivity contribution in [3.8, 4) is 0 Å². The van der Waals surface area contributed by atoms with Crippen molar-refractivity contribution in [1.29, 1.82) is 0 Å². The van der Waals surface area contributed by atoms with Gasteiger partial charge in [-0.05, 0) is 19.1 Å². The summed E-state index contributed by atoms with van der Waals surface area (Å²) >= 11 is 5.58. The van der Waals surface area contributed by atoms with Gasteiger partial charge in [-0.25, -0.2) is 4.79 Å². The van der Waals surface area contributed by atoms with Crippen LogP contribution in [0.2, 0.25) is 0 Å². The predicted molar refractivity (Wildman–Crippen MR) is 51.5 cm³/mol. The molecule has 0 spiro atoms. The van der Waals surface area contributed by atoms with Crippen molar-refractivity contribution in [1.82, 2.24) is 0 Å². The fraction of sp³-hybridized carbons (Fsp3) is 0.200. The average Bonchev–Trinajstić information content (AvgIpc) is 2.15. The van der Waals surface area contributed by atoms with Gasteiger partial charge >= 0.3 is 5.97 Å². The van der Waals surface area contributed by atoms with Gasteiger partial charge in [0.15, 0.2) is 6.61 Å². The van der Waals surface area contributed by atoms with Gasteiger partial charge in [0.25, 0.3) is 0 Å². The van der Waals surface area contributed by atoms with Gasteiger partial charge in [-0.2, -0.15) is 0 Å². The first-order valence-corrected chi connectivity index (χ1v) is 4.37. The number of benzene rings is 1. The maximum absolute atomic E-state index is 11.2. The van der Waals surface area contributed by atoms with E-state index in [-0.39, 0.29) is 11.3 Å². The van der Waals surface area contributed by atoms with Crippen LogP contribution in [-0.2, 0) is 4.74 Å². The van der Waals surface area contributed by atoms with Crippen LogP contribution < -0.4 is 0 Å². The van der Waals surface area contributed by atoms with Crippen LogP contribution in [0.25, 0.3) is 0 Å². The Hall–Kier alpha value is -1.02. The molecular formula is C10H10ClO2. The molecule has 1 aromatic rings. The summed E-state index contributed by atoms with van der Waals surface area (Å²) in [6, 6.07) is 8.77. The van der Waals surface area contributed by atoms with Gasteiger partial charge in [-0.1, -0.05) is 18.2 Å². The Bertz CT molecular complexity index is 270. The molecule has 0 aliphatic carbocycles. The minimum atomic E-state index is -0.381. The highest BCUT2D eigenvalue weighted by Crippen LogP contribution is 2.05. The summed E-state index contributed by atoms with van der Waals surface area (Å²) in [6.45, 7) is 3.02. The van der Waals surface area contributed by atoms with Crippen molar-refractivity contribution in [3.05, 3.63) is 42.5 Å². The molecule has 0 aliphatic rings. The number of hydrogen-bond acceptors (Lipinski definition) is 2. The third-order valence-electron chi connectivity index (χ3n) is 1.37. The maximum Gasteiger partial charge on any atom is 0.338 e. The van der Waals surface area contributed by atoms with Gasteiger partial charge in [0.1, 0.15) is 0 Å². The van der Waals surface area contributed by atoms with Crippen molar-refractivity contribution in [3.63, 3.8) is 0 Å². The number of carbonyl (C=O) groups excluding carboxylic acids is 1. The summed E-state index contributed by atoms with van der Waals surface area (Å²) in [5.74, 6) is -0.381. The Balaban J connectivity index is 2.50. The van der Waals surface area contributed by atoms with Crippen LogP contribution in [0.3, 0.4) is 0 Å². The molecule has 0 N–H and O–H groups in total. The molecule has 0 saturated heterocycles. The van der Waals surface area contributed by atoms with Gasteiger partial charge in [-0.15, -0.1) is 11.6 Å².